The molecule has 1 saturated carbocycles. The Labute approximate surface area is 133 Å². The van der Waals surface area contributed by atoms with E-state index < -0.39 is 0 Å². The topological polar surface area (TPSA) is 71.1 Å². The van der Waals surface area contributed by atoms with Crippen LogP contribution in [-0.4, -0.2) is 34.6 Å². The maximum Gasteiger partial charge on any atom is 0.271 e. The van der Waals surface area contributed by atoms with Gasteiger partial charge in [0, 0.05) is 30.8 Å². The molecular weight excluding hydrogens is 300 g/mol. The van der Waals surface area contributed by atoms with Gasteiger partial charge in [0.05, 0.1) is 7.11 Å². The highest BCUT2D eigenvalue weighted by atomic mass is 32.1. The molecule has 2 heterocycles. The minimum absolute atomic E-state index is 0.123. The summed E-state index contributed by atoms with van der Waals surface area (Å²) in [5.74, 6) is 1.54. The Morgan fingerprint density at radius 3 is 2.82 bits per heavy atom. The third-order valence-corrected chi connectivity index (χ3v) is 4.95. The summed E-state index contributed by atoms with van der Waals surface area (Å²) >= 11 is 1.14. The van der Waals surface area contributed by atoms with Crippen molar-refractivity contribution in [3.8, 4) is 5.88 Å². The first-order valence-corrected chi connectivity index (χ1v) is 8.30. The first kappa shape index (κ1) is 15.0. The maximum absolute atomic E-state index is 12.4. The van der Waals surface area contributed by atoms with E-state index in [-0.39, 0.29) is 5.91 Å². The molecule has 1 N–H and O–H groups in total. The molecule has 3 rings (SSSR count). The van der Waals surface area contributed by atoms with Gasteiger partial charge in [0.15, 0.2) is 5.82 Å². The number of carbonyl (C=O) groups excluding carboxylic acids is 1. The van der Waals surface area contributed by atoms with Crippen LogP contribution < -0.4 is 9.64 Å². The van der Waals surface area contributed by atoms with Crippen molar-refractivity contribution in [2.45, 2.75) is 38.0 Å². The van der Waals surface area contributed by atoms with E-state index >= 15 is 0 Å². The second kappa shape index (κ2) is 6.48. The monoisotopic (exact) mass is 320 g/mol. The number of hydrogen-bond donors (Lipinski definition) is 1. The fraction of sp³-hybridized carbons (Fsp3) is 0.533. The molecule has 22 heavy (non-hydrogen) atoms. The first-order valence-electron chi connectivity index (χ1n) is 7.53. The van der Waals surface area contributed by atoms with Gasteiger partial charge in [-0.1, -0.05) is 19.3 Å². The molecule has 1 aliphatic carbocycles. The Kier molecular flexibility index (Phi) is 4.42. The summed E-state index contributed by atoms with van der Waals surface area (Å²) in [5, 5.41) is 7.40. The molecule has 0 aromatic carbocycles. The van der Waals surface area contributed by atoms with Gasteiger partial charge in [-0.3, -0.25) is 14.8 Å². The number of aromatic amines is 1. The molecule has 0 radical (unpaired) electrons. The van der Waals surface area contributed by atoms with Gasteiger partial charge in [-0.05, 0) is 24.4 Å². The summed E-state index contributed by atoms with van der Waals surface area (Å²) in [6.07, 6.45) is 6.27. The fourth-order valence-corrected chi connectivity index (χ4v) is 3.53. The van der Waals surface area contributed by atoms with Crippen molar-refractivity contribution in [2.24, 2.45) is 0 Å². The zero-order valence-electron chi connectivity index (χ0n) is 12.8. The zero-order chi connectivity index (χ0) is 15.5. The highest BCUT2D eigenvalue weighted by Crippen LogP contribution is 2.33. The molecule has 118 valence electrons. The van der Waals surface area contributed by atoms with Crippen molar-refractivity contribution in [3.63, 3.8) is 0 Å². The SMILES string of the molecule is COc1cc(C(=O)N(C)c2cc(C3CCCCC3)[nH]n2)sn1. The van der Waals surface area contributed by atoms with E-state index in [4.69, 9.17) is 4.74 Å². The number of hydrogen-bond acceptors (Lipinski definition) is 5. The van der Waals surface area contributed by atoms with Gasteiger partial charge in [0.1, 0.15) is 4.88 Å². The molecule has 0 aliphatic heterocycles. The lowest BCUT2D eigenvalue weighted by Gasteiger charge is -2.19. The molecule has 0 atom stereocenters. The molecule has 6 nitrogen and oxygen atoms in total. The van der Waals surface area contributed by atoms with Crippen LogP contribution in [0.2, 0.25) is 0 Å². The number of carbonyl (C=O) groups is 1. The van der Waals surface area contributed by atoms with Crippen LogP contribution >= 0.6 is 11.5 Å². The Bertz CT molecular complexity index is 646. The smallest absolute Gasteiger partial charge is 0.271 e. The third-order valence-electron chi connectivity index (χ3n) is 4.19. The van der Waals surface area contributed by atoms with Gasteiger partial charge in [-0.15, -0.1) is 0 Å². The van der Waals surface area contributed by atoms with Crippen molar-refractivity contribution in [2.75, 3.05) is 19.1 Å². The number of rotatable bonds is 4. The molecule has 0 unspecified atom stereocenters. The first-order chi connectivity index (χ1) is 10.7. The summed E-state index contributed by atoms with van der Waals surface area (Å²) in [5.41, 5.74) is 1.14. The van der Waals surface area contributed by atoms with E-state index in [1.165, 1.54) is 39.2 Å². The number of anilines is 1. The lowest BCUT2D eigenvalue weighted by Crippen LogP contribution is -2.25. The number of nitrogens with zero attached hydrogens (tertiary/aromatic N) is 3. The predicted octanol–water partition coefficient (Wildman–Crippen LogP) is 3.20. The molecular formula is C15H20N4O2S. The molecule has 2 aromatic rings. The van der Waals surface area contributed by atoms with Gasteiger partial charge in [-0.2, -0.15) is 9.47 Å². The number of amides is 1. The van der Waals surface area contributed by atoms with E-state index in [2.05, 4.69) is 14.6 Å². The molecule has 1 fully saturated rings. The third kappa shape index (κ3) is 2.99. The Balaban J connectivity index is 1.72. The van der Waals surface area contributed by atoms with E-state index in [0.717, 1.165) is 17.2 Å². The highest BCUT2D eigenvalue weighted by Gasteiger charge is 2.22. The predicted molar refractivity (Wildman–Crippen MR) is 85.8 cm³/mol. The van der Waals surface area contributed by atoms with Gasteiger partial charge < -0.3 is 4.74 Å². The lowest BCUT2D eigenvalue weighted by atomic mass is 9.87. The van der Waals surface area contributed by atoms with Crippen molar-refractivity contribution >= 4 is 23.3 Å². The zero-order valence-corrected chi connectivity index (χ0v) is 13.7. The normalized spacial score (nSPS) is 15.7. The molecule has 7 heteroatoms. The molecule has 0 bridgehead atoms. The molecule has 2 aromatic heterocycles. The largest absolute Gasteiger partial charge is 0.480 e. The van der Waals surface area contributed by atoms with Crippen LogP contribution in [0.25, 0.3) is 0 Å². The van der Waals surface area contributed by atoms with Crippen molar-refractivity contribution < 1.29 is 9.53 Å². The fourth-order valence-electron chi connectivity index (χ4n) is 2.85. The Morgan fingerprint density at radius 2 is 2.14 bits per heavy atom. The molecule has 0 saturated heterocycles. The van der Waals surface area contributed by atoms with Gasteiger partial charge >= 0.3 is 0 Å². The molecule has 1 aliphatic rings. The molecule has 1 amide bonds. The van der Waals surface area contributed by atoms with Crippen LogP contribution in [0.5, 0.6) is 5.88 Å². The summed E-state index contributed by atoms with van der Waals surface area (Å²) in [7, 11) is 3.27. The van der Waals surface area contributed by atoms with Crippen LogP contribution in [-0.2, 0) is 0 Å². The van der Waals surface area contributed by atoms with Crippen LogP contribution in [0, 0.1) is 0 Å². The standard InChI is InChI=1S/C15H20N4O2S/c1-19(15(20)12-9-14(21-2)18-22-12)13-8-11(16-17-13)10-6-4-3-5-7-10/h8-10H,3-7H2,1-2H3,(H,16,17). The molecule has 0 spiro atoms. The van der Waals surface area contributed by atoms with E-state index in [1.54, 1.807) is 18.0 Å². The maximum atomic E-state index is 12.4. The number of aromatic nitrogens is 3. The van der Waals surface area contributed by atoms with E-state index in [1.807, 2.05) is 6.07 Å². The van der Waals surface area contributed by atoms with Crippen LogP contribution in [0.1, 0.15) is 53.4 Å². The van der Waals surface area contributed by atoms with E-state index in [0.29, 0.717) is 22.5 Å². The van der Waals surface area contributed by atoms with Crippen molar-refractivity contribution in [3.05, 3.63) is 22.7 Å². The number of methoxy groups -OCH3 is 1. The van der Waals surface area contributed by atoms with Gasteiger partial charge in [0.25, 0.3) is 5.91 Å². The van der Waals surface area contributed by atoms with Crippen molar-refractivity contribution in [1.82, 2.24) is 14.6 Å². The average Bonchev–Trinajstić information content (AvgIpc) is 3.23. The summed E-state index contributed by atoms with van der Waals surface area (Å²) in [6, 6.07) is 3.64. The van der Waals surface area contributed by atoms with Gasteiger partial charge in [-0.25, -0.2) is 0 Å². The van der Waals surface area contributed by atoms with Crippen molar-refractivity contribution in [1.29, 1.82) is 0 Å². The minimum Gasteiger partial charge on any atom is -0.480 e. The Hall–Kier alpha value is -1.89. The number of H-pyrrole nitrogens is 1. The number of ether oxygens (including phenoxy) is 1. The van der Waals surface area contributed by atoms with E-state index in [9.17, 15) is 4.79 Å². The van der Waals surface area contributed by atoms with Crippen LogP contribution in [0.4, 0.5) is 5.82 Å². The second-order valence-corrected chi connectivity index (χ2v) is 6.42. The lowest BCUT2D eigenvalue weighted by molar-refractivity contribution is 0.0996. The number of nitrogens with one attached hydrogen (secondary N) is 1. The van der Waals surface area contributed by atoms with Gasteiger partial charge in [0.2, 0.25) is 5.88 Å². The summed E-state index contributed by atoms with van der Waals surface area (Å²) in [6.45, 7) is 0. The Morgan fingerprint density at radius 1 is 1.36 bits per heavy atom. The van der Waals surface area contributed by atoms with Crippen LogP contribution in [0.15, 0.2) is 12.1 Å². The highest BCUT2D eigenvalue weighted by molar-refractivity contribution is 7.08. The van der Waals surface area contributed by atoms with Crippen LogP contribution in [0.3, 0.4) is 0 Å². The summed E-state index contributed by atoms with van der Waals surface area (Å²) in [4.78, 5) is 14.5. The average molecular weight is 320 g/mol. The quantitative estimate of drug-likeness (QED) is 0.939. The minimum atomic E-state index is -0.123. The summed E-state index contributed by atoms with van der Waals surface area (Å²) < 4.78 is 9.07. The second-order valence-electron chi connectivity index (χ2n) is 5.61.